The van der Waals surface area contributed by atoms with Gasteiger partial charge in [0.05, 0.1) is 6.61 Å². The van der Waals surface area contributed by atoms with Gasteiger partial charge in [0.2, 0.25) is 0 Å². The molecular formula is C15H28N2O2. The number of ether oxygens (including phenoxy) is 1. The Morgan fingerprint density at radius 1 is 1.37 bits per heavy atom. The van der Waals surface area contributed by atoms with Gasteiger partial charge < -0.3 is 15.0 Å². The lowest BCUT2D eigenvalue weighted by atomic mass is 10.1. The summed E-state index contributed by atoms with van der Waals surface area (Å²) in [5.74, 6) is 0.621. The minimum Gasteiger partial charge on any atom is -0.465 e. The summed E-state index contributed by atoms with van der Waals surface area (Å²) in [5.41, 5.74) is 0. The van der Waals surface area contributed by atoms with Gasteiger partial charge in [-0.3, -0.25) is 4.79 Å². The molecule has 2 aliphatic rings. The van der Waals surface area contributed by atoms with Crippen LogP contribution in [0.25, 0.3) is 0 Å². The fourth-order valence-electron chi connectivity index (χ4n) is 2.94. The topological polar surface area (TPSA) is 41.6 Å². The third-order valence-electron chi connectivity index (χ3n) is 4.18. The first-order chi connectivity index (χ1) is 9.24. The fourth-order valence-corrected chi connectivity index (χ4v) is 2.94. The largest absolute Gasteiger partial charge is 0.465 e. The number of rotatable bonds is 8. The van der Waals surface area contributed by atoms with Crippen molar-refractivity contribution >= 4 is 5.97 Å². The molecule has 2 unspecified atom stereocenters. The lowest BCUT2D eigenvalue weighted by molar-refractivity contribution is -0.145. The normalized spacial score (nSPS) is 25.5. The Bertz CT molecular complexity index is 292. The summed E-state index contributed by atoms with van der Waals surface area (Å²) in [6.45, 7) is 7.85. The molecule has 4 nitrogen and oxygen atoms in total. The van der Waals surface area contributed by atoms with Gasteiger partial charge in [0.15, 0.2) is 0 Å². The molecule has 1 N–H and O–H groups in total. The molecule has 0 spiro atoms. The van der Waals surface area contributed by atoms with Crippen LogP contribution in [0.1, 0.15) is 46.0 Å². The molecule has 0 bridgehead atoms. The SMILES string of the molecule is CCCC(NCC1CCN(C2CC2)C1)C(=O)OCC. The molecule has 0 aromatic rings. The van der Waals surface area contributed by atoms with E-state index in [0.29, 0.717) is 12.5 Å². The Kier molecular flexibility index (Phi) is 5.64. The molecule has 2 fully saturated rings. The van der Waals surface area contributed by atoms with Crippen LogP contribution in [0.15, 0.2) is 0 Å². The Morgan fingerprint density at radius 2 is 2.16 bits per heavy atom. The lowest BCUT2D eigenvalue weighted by Crippen LogP contribution is -2.41. The van der Waals surface area contributed by atoms with E-state index in [2.05, 4.69) is 17.1 Å². The fraction of sp³-hybridized carbons (Fsp3) is 0.933. The van der Waals surface area contributed by atoms with Crippen LogP contribution in [0.4, 0.5) is 0 Å². The summed E-state index contributed by atoms with van der Waals surface area (Å²) < 4.78 is 5.13. The number of carbonyl (C=O) groups is 1. The highest BCUT2D eigenvalue weighted by Crippen LogP contribution is 2.31. The molecule has 1 saturated carbocycles. The Labute approximate surface area is 116 Å². The zero-order chi connectivity index (χ0) is 13.7. The van der Waals surface area contributed by atoms with Crippen molar-refractivity contribution in [3.8, 4) is 0 Å². The summed E-state index contributed by atoms with van der Waals surface area (Å²) in [7, 11) is 0. The molecule has 4 heteroatoms. The second-order valence-electron chi connectivity index (χ2n) is 5.88. The molecule has 19 heavy (non-hydrogen) atoms. The van der Waals surface area contributed by atoms with Gasteiger partial charge in [-0.1, -0.05) is 13.3 Å². The van der Waals surface area contributed by atoms with Crippen LogP contribution in [0.5, 0.6) is 0 Å². The maximum absolute atomic E-state index is 11.8. The van der Waals surface area contributed by atoms with Gasteiger partial charge in [0, 0.05) is 19.1 Å². The Morgan fingerprint density at radius 3 is 2.79 bits per heavy atom. The van der Waals surface area contributed by atoms with Crippen molar-refractivity contribution in [1.29, 1.82) is 0 Å². The van der Waals surface area contributed by atoms with Crippen LogP contribution in [0.2, 0.25) is 0 Å². The van der Waals surface area contributed by atoms with Crippen LogP contribution in [-0.4, -0.2) is 49.2 Å². The molecule has 1 saturated heterocycles. The highest BCUT2D eigenvalue weighted by atomic mass is 16.5. The maximum atomic E-state index is 11.8. The summed E-state index contributed by atoms with van der Waals surface area (Å²) in [6.07, 6.45) is 5.93. The van der Waals surface area contributed by atoms with Crippen LogP contribution in [0.3, 0.4) is 0 Å². The Hall–Kier alpha value is -0.610. The number of likely N-dealkylation sites (tertiary alicyclic amines) is 1. The lowest BCUT2D eigenvalue weighted by Gasteiger charge is -2.19. The van der Waals surface area contributed by atoms with Crippen LogP contribution >= 0.6 is 0 Å². The molecule has 0 radical (unpaired) electrons. The van der Waals surface area contributed by atoms with Crippen molar-refractivity contribution < 1.29 is 9.53 Å². The van der Waals surface area contributed by atoms with E-state index in [0.717, 1.165) is 25.4 Å². The molecule has 1 aliphatic heterocycles. The van der Waals surface area contributed by atoms with E-state index < -0.39 is 0 Å². The highest BCUT2D eigenvalue weighted by molar-refractivity contribution is 5.75. The highest BCUT2D eigenvalue weighted by Gasteiger charge is 2.34. The summed E-state index contributed by atoms with van der Waals surface area (Å²) in [4.78, 5) is 14.4. The van der Waals surface area contributed by atoms with Crippen molar-refractivity contribution in [2.75, 3.05) is 26.2 Å². The van der Waals surface area contributed by atoms with Crippen molar-refractivity contribution in [3.05, 3.63) is 0 Å². The van der Waals surface area contributed by atoms with Gasteiger partial charge in [-0.25, -0.2) is 0 Å². The molecule has 0 aromatic heterocycles. The van der Waals surface area contributed by atoms with Crippen molar-refractivity contribution in [2.24, 2.45) is 5.92 Å². The van der Waals surface area contributed by atoms with Crippen LogP contribution in [0, 0.1) is 5.92 Å². The minimum absolute atomic E-state index is 0.0820. The average Bonchev–Trinajstić information content (AvgIpc) is 3.14. The van der Waals surface area contributed by atoms with E-state index in [4.69, 9.17) is 4.74 Å². The van der Waals surface area contributed by atoms with E-state index in [1.54, 1.807) is 0 Å². The molecule has 110 valence electrons. The van der Waals surface area contributed by atoms with Gasteiger partial charge in [0.1, 0.15) is 6.04 Å². The van der Waals surface area contributed by atoms with E-state index in [1.807, 2.05) is 6.92 Å². The number of nitrogens with one attached hydrogen (secondary N) is 1. The average molecular weight is 268 g/mol. The Balaban J connectivity index is 1.70. The maximum Gasteiger partial charge on any atom is 0.323 e. The minimum atomic E-state index is -0.111. The van der Waals surface area contributed by atoms with Gasteiger partial charge in [0.25, 0.3) is 0 Å². The van der Waals surface area contributed by atoms with E-state index in [-0.39, 0.29) is 12.0 Å². The van der Waals surface area contributed by atoms with Crippen LogP contribution < -0.4 is 5.32 Å². The summed E-state index contributed by atoms with van der Waals surface area (Å²) >= 11 is 0. The molecule has 1 heterocycles. The van der Waals surface area contributed by atoms with Gasteiger partial charge in [-0.15, -0.1) is 0 Å². The second-order valence-corrected chi connectivity index (χ2v) is 5.88. The first-order valence-electron chi connectivity index (χ1n) is 7.88. The molecule has 0 aromatic carbocycles. The van der Waals surface area contributed by atoms with Gasteiger partial charge in [-0.05, 0) is 45.1 Å². The van der Waals surface area contributed by atoms with E-state index in [1.165, 1.54) is 32.4 Å². The van der Waals surface area contributed by atoms with Crippen LogP contribution in [-0.2, 0) is 9.53 Å². The smallest absolute Gasteiger partial charge is 0.323 e. The standard InChI is InChI=1S/C15H28N2O2/c1-3-5-14(15(18)19-4-2)16-10-12-8-9-17(11-12)13-6-7-13/h12-14,16H,3-11H2,1-2H3. The van der Waals surface area contributed by atoms with Crippen molar-refractivity contribution in [2.45, 2.75) is 58.0 Å². The van der Waals surface area contributed by atoms with Gasteiger partial charge in [-0.2, -0.15) is 0 Å². The van der Waals surface area contributed by atoms with E-state index in [9.17, 15) is 4.79 Å². The third kappa shape index (κ3) is 4.46. The third-order valence-corrected chi connectivity index (χ3v) is 4.18. The van der Waals surface area contributed by atoms with Gasteiger partial charge >= 0.3 is 5.97 Å². The first-order valence-corrected chi connectivity index (χ1v) is 7.88. The number of esters is 1. The number of carbonyl (C=O) groups excluding carboxylic acids is 1. The number of nitrogens with zero attached hydrogens (tertiary/aromatic N) is 1. The number of hydrogen-bond acceptors (Lipinski definition) is 4. The second kappa shape index (κ2) is 7.25. The van der Waals surface area contributed by atoms with Crippen molar-refractivity contribution in [3.63, 3.8) is 0 Å². The number of hydrogen-bond donors (Lipinski definition) is 1. The molecule has 2 rings (SSSR count). The zero-order valence-corrected chi connectivity index (χ0v) is 12.4. The predicted molar refractivity (Wildman–Crippen MR) is 76.0 cm³/mol. The first kappa shape index (κ1) is 14.8. The monoisotopic (exact) mass is 268 g/mol. The molecule has 2 atom stereocenters. The molecule has 1 aliphatic carbocycles. The quantitative estimate of drug-likeness (QED) is 0.682. The zero-order valence-electron chi connectivity index (χ0n) is 12.4. The predicted octanol–water partition coefficient (Wildman–Crippen LogP) is 1.79. The van der Waals surface area contributed by atoms with E-state index >= 15 is 0 Å². The summed E-state index contributed by atoms with van der Waals surface area (Å²) in [6, 6.07) is 0.765. The van der Waals surface area contributed by atoms with Crippen molar-refractivity contribution in [1.82, 2.24) is 10.2 Å². The molecular weight excluding hydrogens is 240 g/mol. The summed E-state index contributed by atoms with van der Waals surface area (Å²) in [5, 5.41) is 3.43. The molecule has 0 amide bonds.